The van der Waals surface area contributed by atoms with Gasteiger partial charge in [-0.2, -0.15) is 0 Å². The molecule has 1 aliphatic rings. The standard InChI is InChI=1S/C21H17NO3/c1-12-10-13(2)18(14(3)11-12)22-16-8-9-23-20(16)25-21-19(22)15-6-4-5-7-17(15)24-21/h4-11H,1-3H3. The average molecular weight is 331 g/mol. The molecular formula is C21H17NO3. The van der Waals surface area contributed by atoms with Gasteiger partial charge in [-0.25, -0.2) is 0 Å². The molecule has 4 nitrogen and oxygen atoms in total. The second kappa shape index (κ2) is 4.93. The van der Waals surface area contributed by atoms with Crippen molar-refractivity contribution in [3.05, 3.63) is 65.4 Å². The van der Waals surface area contributed by atoms with Crippen LogP contribution in [0.3, 0.4) is 0 Å². The van der Waals surface area contributed by atoms with Gasteiger partial charge in [0.25, 0.3) is 0 Å². The summed E-state index contributed by atoms with van der Waals surface area (Å²) < 4.78 is 17.4. The van der Waals surface area contributed by atoms with E-state index in [1.165, 1.54) is 16.7 Å². The number of nitrogens with zero attached hydrogens (tertiary/aromatic N) is 1. The largest absolute Gasteiger partial charge is 0.432 e. The lowest BCUT2D eigenvalue weighted by Gasteiger charge is -2.30. The van der Waals surface area contributed by atoms with Gasteiger partial charge in [0.1, 0.15) is 17.0 Å². The third-order valence-electron chi connectivity index (χ3n) is 4.66. The molecule has 0 radical (unpaired) electrons. The van der Waals surface area contributed by atoms with Crippen molar-refractivity contribution in [3.8, 4) is 11.9 Å². The van der Waals surface area contributed by atoms with Crippen molar-refractivity contribution < 1.29 is 13.6 Å². The number of rotatable bonds is 1. The van der Waals surface area contributed by atoms with Gasteiger partial charge in [-0.3, -0.25) is 4.90 Å². The number of aryl methyl sites for hydroxylation is 3. The van der Waals surface area contributed by atoms with Crippen LogP contribution in [0, 0.1) is 20.8 Å². The summed E-state index contributed by atoms with van der Waals surface area (Å²) in [7, 11) is 0. The summed E-state index contributed by atoms with van der Waals surface area (Å²) in [6, 6.07) is 14.3. The molecule has 0 atom stereocenters. The van der Waals surface area contributed by atoms with E-state index in [2.05, 4.69) is 43.9 Å². The highest BCUT2D eigenvalue weighted by Gasteiger charge is 2.34. The van der Waals surface area contributed by atoms with Gasteiger partial charge in [0.15, 0.2) is 0 Å². The lowest BCUT2D eigenvalue weighted by atomic mass is 10.0. The van der Waals surface area contributed by atoms with Crippen LogP contribution in [0.2, 0.25) is 0 Å². The van der Waals surface area contributed by atoms with Gasteiger partial charge in [0.05, 0.1) is 12.0 Å². The minimum absolute atomic E-state index is 0.450. The molecule has 0 unspecified atom stereocenters. The van der Waals surface area contributed by atoms with Crippen LogP contribution in [0.15, 0.2) is 57.6 Å². The Labute approximate surface area is 145 Å². The van der Waals surface area contributed by atoms with E-state index in [-0.39, 0.29) is 0 Å². The molecule has 0 aliphatic carbocycles. The minimum atomic E-state index is 0.450. The zero-order chi connectivity index (χ0) is 17.1. The molecule has 0 spiro atoms. The number of hydrogen-bond acceptors (Lipinski definition) is 4. The third kappa shape index (κ3) is 1.94. The Morgan fingerprint density at radius 2 is 1.60 bits per heavy atom. The van der Waals surface area contributed by atoms with Gasteiger partial charge in [-0.15, -0.1) is 0 Å². The van der Waals surface area contributed by atoms with Crippen LogP contribution in [-0.4, -0.2) is 0 Å². The molecule has 0 N–H and O–H groups in total. The van der Waals surface area contributed by atoms with Crippen molar-refractivity contribution in [1.82, 2.24) is 0 Å². The van der Waals surface area contributed by atoms with Gasteiger partial charge in [-0.05, 0) is 44.0 Å². The summed E-state index contributed by atoms with van der Waals surface area (Å²) in [6.07, 6.45) is 1.64. The Kier molecular flexibility index (Phi) is 2.80. The number of hydrogen-bond donors (Lipinski definition) is 0. The zero-order valence-electron chi connectivity index (χ0n) is 14.3. The zero-order valence-corrected chi connectivity index (χ0v) is 14.3. The fourth-order valence-electron chi connectivity index (χ4n) is 3.78. The van der Waals surface area contributed by atoms with E-state index in [4.69, 9.17) is 13.6 Å². The van der Waals surface area contributed by atoms with Crippen molar-refractivity contribution in [2.45, 2.75) is 20.8 Å². The van der Waals surface area contributed by atoms with Crippen LogP contribution >= 0.6 is 0 Å². The first-order valence-electron chi connectivity index (χ1n) is 8.28. The molecule has 5 rings (SSSR count). The van der Waals surface area contributed by atoms with Gasteiger partial charge in [0.2, 0.25) is 0 Å². The predicted octanol–water partition coefficient (Wildman–Crippen LogP) is 6.53. The predicted molar refractivity (Wildman–Crippen MR) is 97.4 cm³/mol. The molecule has 4 heteroatoms. The van der Waals surface area contributed by atoms with Gasteiger partial charge >= 0.3 is 11.9 Å². The van der Waals surface area contributed by atoms with Crippen LogP contribution < -0.4 is 9.64 Å². The Bertz CT molecular complexity index is 1100. The molecule has 3 heterocycles. The third-order valence-corrected chi connectivity index (χ3v) is 4.66. The summed E-state index contributed by atoms with van der Waals surface area (Å²) in [5.41, 5.74) is 7.37. The molecule has 4 aromatic rings. The van der Waals surface area contributed by atoms with Crippen molar-refractivity contribution in [2.24, 2.45) is 0 Å². The average Bonchev–Trinajstić information content (AvgIpc) is 3.16. The van der Waals surface area contributed by atoms with E-state index in [0.717, 1.165) is 28.0 Å². The fraction of sp³-hybridized carbons (Fsp3) is 0.143. The summed E-state index contributed by atoms with van der Waals surface area (Å²) in [5, 5.41) is 1.02. The molecular weight excluding hydrogens is 314 g/mol. The van der Waals surface area contributed by atoms with Crippen molar-refractivity contribution in [3.63, 3.8) is 0 Å². The monoisotopic (exact) mass is 331 g/mol. The maximum absolute atomic E-state index is 5.95. The highest BCUT2D eigenvalue weighted by Crippen LogP contribution is 2.56. The van der Waals surface area contributed by atoms with E-state index >= 15 is 0 Å². The van der Waals surface area contributed by atoms with Crippen LogP contribution in [0.5, 0.6) is 11.9 Å². The normalized spacial score (nSPS) is 12.8. The molecule has 0 saturated carbocycles. The Hall–Kier alpha value is -3.14. The Balaban J connectivity index is 1.87. The first-order chi connectivity index (χ1) is 12.1. The molecule has 2 aromatic carbocycles. The summed E-state index contributed by atoms with van der Waals surface area (Å²) >= 11 is 0. The van der Waals surface area contributed by atoms with Gasteiger partial charge in [0, 0.05) is 11.5 Å². The lowest BCUT2D eigenvalue weighted by molar-refractivity contribution is 0.285. The number of ether oxygens (including phenoxy) is 1. The molecule has 0 fully saturated rings. The number of fused-ring (bicyclic) bond motifs is 4. The van der Waals surface area contributed by atoms with Crippen LogP contribution in [0.1, 0.15) is 16.7 Å². The Morgan fingerprint density at radius 1 is 0.840 bits per heavy atom. The van der Waals surface area contributed by atoms with E-state index < -0.39 is 0 Å². The maximum Gasteiger partial charge on any atom is 0.318 e. The van der Waals surface area contributed by atoms with Gasteiger partial charge in [-0.1, -0.05) is 29.8 Å². The fourth-order valence-corrected chi connectivity index (χ4v) is 3.78. The van der Waals surface area contributed by atoms with E-state index in [0.29, 0.717) is 11.9 Å². The lowest BCUT2D eigenvalue weighted by Crippen LogP contribution is -2.16. The highest BCUT2D eigenvalue weighted by atomic mass is 16.6. The summed E-state index contributed by atoms with van der Waals surface area (Å²) in [6.45, 7) is 6.38. The molecule has 1 aliphatic heterocycles. The van der Waals surface area contributed by atoms with Crippen molar-refractivity contribution >= 4 is 28.0 Å². The minimum Gasteiger partial charge on any atom is -0.432 e. The SMILES string of the molecule is Cc1cc(C)c(N2c3ccoc3Oc3oc4ccccc4c32)c(C)c1. The van der Waals surface area contributed by atoms with Crippen LogP contribution in [0.25, 0.3) is 11.0 Å². The number of benzene rings is 2. The highest BCUT2D eigenvalue weighted by molar-refractivity contribution is 6.02. The van der Waals surface area contributed by atoms with Crippen molar-refractivity contribution in [2.75, 3.05) is 4.90 Å². The van der Waals surface area contributed by atoms with E-state index in [1.807, 2.05) is 24.3 Å². The molecule has 0 amide bonds. The summed E-state index contributed by atoms with van der Waals surface area (Å²) in [4.78, 5) is 2.19. The van der Waals surface area contributed by atoms with E-state index in [9.17, 15) is 0 Å². The molecule has 124 valence electrons. The summed E-state index contributed by atoms with van der Waals surface area (Å²) in [5.74, 6) is 0.911. The van der Waals surface area contributed by atoms with Crippen LogP contribution in [-0.2, 0) is 0 Å². The van der Waals surface area contributed by atoms with Crippen molar-refractivity contribution in [1.29, 1.82) is 0 Å². The smallest absolute Gasteiger partial charge is 0.318 e. The van der Waals surface area contributed by atoms with Gasteiger partial charge < -0.3 is 13.6 Å². The second-order valence-electron chi connectivity index (χ2n) is 6.51. The van der Waals surface area contributed by atoms with E-state index in [1.54, 1.807) is 6.26 Å². The number of anilines is 3. The molecule has 2 aromatic heterocycles. The first kappa shape index (κ1) is 14.2. The maximum atomic E-state index is 5.95. The first-order valence-corrected chi connectivity index (χ1v) is 8.28. The molecule has 25 heavy (non-hydrogen) atoms. The Morgan fingerprint density at radius 3 is 2.40 bits per heavy atom. The quantitative estimate of drug-likeness (QED) is 0.350. The topological polar surface area (TPSA) is 38.8 Å². The number of furan rings is 2. The number of para-hydroxylation sites is 1. The second-order valence-corrected chi connectivity index (χ2v) is 6.51. The van der Waals surface area contributed by atoms with Crippen LogP contribution in [0.4, 0.5) is 17.1 Å². The molecule has 0 saturated heterocycles. The molecule has 0 bridgehead atoms.